The minimum Gasteiger partial charge on any atom is -0.347 e. The first kappa shape index (κ1) is 8.27. The van der Waals surface area contributed by atoms with Crippen LogP contribution >= 0.6 is 0 Å². The Balaban J connectivity index is 2.30. The van der Waals surface area contributed by atoms with E-state index in [1.165, 1.54) is 6.08 Å². The van der Waals surface area contributed by atoms with Crippen molar-refractivity contribution in [2.24, 2.45) is 0 Å². The molecule has 62 valence electrons. The highest BCUT2D eigenvalue weighted by atomic mass is 16.1. The van der Waals surface area contributed by atoms with Gasteiger partial charge in [-0.15, -0.1) is 0 Å². The van der Waals surface area contributed by atoms with E-state index in [1.807, 2.05) is 7.05 Å². The first-order valence-electron chi connectivity index (χ1n) is 3.78. The molecule has 1 rings (SSSR count). The minimum absolute atomic E-state index is 0.0741. The lowest BCUT2D eigenvalue weighted by Crippen LogP contribution is -2.63. The van der Waals surface area contributed by atoms with Crippen molar-refractivity contribution in [1.82, 2.24) is 10.2 Å². The van der Waals surface area contributed by atoms with Crippen LogP contribution < -0.4 is 5.32 Å². The van der Waals surface area contributed by atoms with Crippen LogP contribution in [0.2, 0.25) is 0 Å². The van der Waals surface area contributed by atoms with Crippen molar-refractivity contribution in [3.8, 4) is 0 Å². The Morgan fingerprint density at radius 3 is 2.82 bits per heavy atom. The number of likely N-dealkylation sites (tertiary alicyclic amines) is 1. The molecule has 11 heavy (non-hydrogen) atoms. The van der Waals surface area contributed by atoms with Crippen molar-refractivity contribution in [1.29, 1.82) is 0 Å². The molecule has 1 heterocycles. The Morgan fingerprint density at radius 2 is 2.45 bits per heavy atom. The quantitative estimate of drug-likeness (QED) is 0.567. The normalized spacial score (nSPS) is 30.7. The van der Waals surface area contributed by atoms with Crippen LogP contribution in [0, 0.1) is 0 Å². The Morgan fingerprint density at radius 1 is 1.82 bits per heavy atom. The SMILES string of the molecule is C=CC(=O)NC1CN(C)C1C. The average Bonchev–Trinajstić information content (AvgIpc) is 2.03. The van der Waals surface area contributed by atoms with Gasteiger partial charge in [-0.05, 0) is 20.0 Å². The lowest BCUT2D eigenvalue weighted by atomic mass is 9.99. The van der Waals surface area contributed by atoms with Crippen molar-refractivity contribution in [2.75, 3.05) is 13.6 Å². The molecule has 0 aromatic rings. The average molecular weight is 154 g/mol. The molecule has 1 N–H and O–H groups in total. The van der Waals surface area contributed by atoms with Gasteiger partial charge in [-0.1, -0.05) is 6.58 Å². The predicted octanol–water partition coefficient (Wildman–Crippen LogP) is -0.00890. The second kappa shape index (κ2) is 3.05. The van der Waals surface area contributed by atoms with E-state index in [0.717, 1.165) is 6.54 Å². The van der Waals surface area contributed by atoms with E-state index < -0.39 is 0 Å². The van der Waals surface area contributed by atoms with Crippen LogP contribution in [0.1, 0.15) is 6.92 Å². The van der Waals surface area contributed by atoms with E-state index in [0.29, 0.717) is 12.1 Å². The molecule has 0 aliphatic carbocycles. The van der Waals surface area contributed by atoms with Gasteiger partial charge in [0.1, 0.15) is 0 Å². The number of nitrogens with one attached hydrogen (secondary N) is 1. The number of carbonyl (C=O) groups is 1. The number of carbonyl (C=O) groups excluding carboxylic acids is 1. The van der Waals surface area contributed by atoms with E-state index in [4.69, 9.17) is 0 Å². The van der Waals surface area contributed by atoms with Crippen LogP contribution in [-0.4, -0.2) is 36.5 Å². The zero-order chi connectivity index (χ0) is 8.43. The lowest BCUT2D eigenvalue weighted by Gasteiger charge is -2.44. The molecule has 1 amide bonds. The van der Waals surface area contributed by atoms with E-state index >= 15 is 0 Å². The fraction of sp³-hybridized carbons (Fsp3) is 0.625. The van der Waals surface area contributed by atoms with Crippen molar-refractivity contribution >= 4 is 5.91 Å². The van der Waals surface area contributed by atoms with Gasteiger partial charge in [-0.3, -0.25) is 9.69 Å². The molecule has 0 saturated carbocycles. The third-order valence-electron chi connectivity index (χ3n) is 2.28. The third kappa shape index (κ3) is 1.60. The molecule has 1 saturated heterocycles. The van der Waals surface area contributed by atoms with Crippen LogP contribution in [0.15, 0.2) is 12.7 Å². The number of amides is 1. The Bertz CT molecular complexity index is 179. The van der Waals surface area contributed by atoms with Gasteiger partial charge in [0, 0.05) is 12.6 Å². The Kier molecular flexibility index (Phi) is 2.29. The molecule has 1 aliphatic rings. The molecule has 0 bridgehead atoms. The van der Waals surface area contributed by atoms with E-state index in [-0.39, 0.29) is 5.91 Å². The molecule has 1 aliphatic heterocycles. The molecule has 3 nitrogen and oxygen atoms in total. The van der Waals surface area contributed by atoms with Crippen molar-refractivity contribution < 1.29 is 4.79 Å². The summed E-state index contributed by atoms with van der Waals surface area (Å²) in [5, 5.41) is 2.85. The maximum Gasteiger partial charge on any atom is 0.243 e. The minimum atomic E-state index is -0.0741. The van der Waals surface area contributed by atoms with Gasteiger partial charge in [0.2, 0.25) is 5.91 Å². The lowest BCUT2D eigenvalue weighted by molar-refractivity contribution is -0.118. The summed E-state index contributed by atoms with van der Waals surface area (Å²) in [4.78, 5) is 13.0. The van der Waals surface area contributed by atoms with E-state index in [9.17, 15) is 4.79 Å². The van der Waals surface area contributed by atoms with E-state index in [2.05, 4.69) is 23.7 Å². The Hall–Kier alpha value is -0.830. The maximum atomic E-state index is 10.8. The van der Waals surface area contributed by atoms with Crippen molar-refractivity contribution in [3.63, 3.8) is 0 Å². The standard InChI is InChI=1S/C8H14N2O/c1-4-8(11)9-7-5-10(3)6(7)2/h4,6-7H,1,5H2,2-3H3,(H,9,11). The number of hydrogen-bond donors (Lipinski definition) is 1. The number of hydrogen-bond acceptors (Lipinski definition) is 2. The monoisotopic (exact) mass is 154 g/mol. The molecule has 0 radical (unpaired) electrons. The fourth-order valence-corrected chi connectivity index (χ4v) is 1.21. The molecule has 2 unspecified atom stereocenters. The number of nitrogens with zero attached hydrogens (tertiary/aromatic N) is 1. The molecule has 0 aromatic carbocycles. The van der Waals surface area contributed by atoms with E-state index in [1.54, 1.807) is 0 Å². The Labute approximate surface area is 67.1 Å². The largest absolute Gasteiger partial charge is 0.347 e. The second-order valence-electron chi connectivity index (χ2n) is 3.00. The highest BCUT2D eigenvalue weighted by molar-refractivity contribution is 5.87. The van der Waals surface area contributed by atoms with Crippen LogP contribution in [0.25, 0.3) is 0 Å². The molecular weight excluding hydrogens is 140 g/mol. The number of rotatable bonds is 2. The van der Waals surface area contributed by atoms with Gasteiger partial charge in [0.25, 0.3) is 0 Å². The molecule has 3 heteroatoms. The van der Waals surface area contributed by atoms with Crippen molar-refractivity contribution in [2.45, 2.75) is 19.0 Å². The summed E-state index contributed by atoms with van der Waals surface area (Å²) in [6.45, 7) is 6.43. The molecule has 0 spiro atoms. The third-order valence-corrected chi connectivity index (χ3v) is 2.28. The highest BCUT2D eigenvalue weighted by Crippen LogP contribution is 2.13. The summed E-state index contributed by atoms with van der Waals surface area (Å²) in [5.41, 5.74) is 0. The molecular formula is C8H14N2O. The van der Waals surface area contributed by atoms with Crippen LogP contribution in [0.5, 0.6) is 0 Å². The van der Waals surface area contributed by atoms with Crippen molar-refractivity contribution in [3.05, 3.63) is 12.7 Å². The summed E-state index contributed by atoms with van der Waals surface area (Å²) >= 11 is 0. The summed E-state index contributed by atoms with van der Waals surface area (Å²) in [7, 11) is 2.04. The first-order valence-corrected chi connectivity index (χ1v) is 3.78. The summed E-state index contributed by atoms with van der Waals surface area (Å²) in [5.74, 6) is -0.0741. The van der Waals surface area contributed by atoms with Gasteiger partial charge in [-0.2, -0.15) is 0 Å². The predicted molar refractivity (Wildman–Crippen MR) is 44.2 cm³/mol. The van der Waals surface area contributed by atoms with Gasteiger partial charge in [-0.25, -0.2) is 0 Å². The van der Waals surface area contributed by atoms with Gasteiger partial charge in [0.15, 0.2) is 0 Å². The molecule has 1 fully saturated rings. The number of likely N-dealkylation sites (N-methyl/N-ethyl adjacent to an activating group) is 1. The van der Waals surface area contributed by atoms with Crippen LogP contribution in [0.3, 0.4) is 0 Å². The zero-order valence-electron chi connectivity index (χ0n) is 7.00. The molecule has 2 atom stereocenters. The second-order valence-corrected chi connectivity index (χ2v) is 3.00. The van der Waals surface area contributed by atoms with Crippen LogP contribution in [-0.2, 0) is 4.79 Å². The van der Waals surface area contributed by atoms with Gasteiger partial charge < -0.3 is 5.32 Å². The summed E-state index contributed by atoms with van der Waals surface area (Å²) in [6.07, 6.45) is 1.31. The van der Waals surface area contributed by atoms with Gasteiger partial charge >= 0.3 is 0 Å². The van der Waals surface area contributed by atoms with Gasteiger partial charge in [0.05, 0.1) is 6.04 Å². The summed E-state index contributed by atoms with van der Waals surface area (Å²) in [6, 6.07) is 0.768. The maximum absolute atomic E-state index is 10.8. The highest BCUT2D eigenvalue weighted by Gasteiger charge is 2.32. The fourth-order valence-electron chi connectivity index (χ4n) is 1.21. The summed E-state index contributed by atoms with van der Waals surface area (Å²) < 4.78 is 0. The topological polar surface area (TPSA) is 32.3 Å². The first-order chi connectivity index (χ1) is 5.15. The molecule has 0 aromatic heterocycles. The van der Waals surface area contributed by atoms with Crippen LogP contribution in [0.4, 0.5) is 0 Å². The smallest absolute Gasteiger partial charge is 0.243 e. The zero-order valence-corrected chi connectivity index (χ0v) is 7.00.